The van der Waals surface area contributed by atoms with Crippen LogP contribution in [0, 0.1) is 13.8 Å². The normalized spacial score (nSPS) is 11.0. The summed E-state index contributed by atoms with van der Waals surface area (Å²) in [5, 5.41) is 29.3. The number of hydrogen-bond donors (Lipinski definition) is 5. The standard InChI is InChI=1S/C27H23N5OS.C22H20N4.C5H5NO2S/c1-18-17-28-27(34-18)26(33)29-20-9-6-10-21(15-20)32(2)22-12-13-23-24(30-31-25(23)16-22)14-11-19-7-4-3-5-8-19;1-26(18-9-5-8-17(23)14-18)19-11-12-20-21(24-25-22(20)15-19)13-10-16-6-3-2-4-7-16;1-3-2-6-4(9-3)5(7)8/h3-17H,1-2H3,(H,29,33)(H,30,31);2-15H,23H2,1H3,(H,24,25);2H,1H3,(H,7,8)/b14-11+;13-10+;. The number of aromatic amines is 2. The predicted octanol–water partition coefficient (Wildman–Crippen LogP) is 12.8. The van der Waals surface area contributed by atoms with E-state index >= 15 is 0 Å². The largest absolute Gasteiger partial charge is 0.476 e. The zero-order valence-electron chi connectivity index (χ0n) is 38.2. The van der Waals surface area contributed by atoms with Gasteiger partial charge in [-0.2, -0.15) is 10.2 Å². The Morgan fingerprint density at radius 3 is 1.52 bits per heavy atom. The lowest BCUT2D eigenvalue weighted by atomic mass is 10.1. The number of fused-ring (bicyclic) bond motifs is 2. The molecular weight excluding hydrogens is 901 g/mol. The number of nitrogens with two attached hydrogens (primary N) is 1. The fraction of sp³-hybridized carbons (Fsp3) is 0.0741. The number of nitrogens with zero attached hydrogens (tertiary/aromatic N) is 6. The summed E-state index contributed by atoms with van der Waals surface area (Å²) >= 11 is 2.57. The smallest absolute Gasteiger partial charge is 0.365 e. The number of carbonyl (C=O) groups is 2. The number of H-pyrrole nitrogens is 2. The van der Waals surface area contributed by atoms with Crippen molar-refractivity contribution in [2.75, 3.05) is 34.9 Å². The molecule has 0 fully saturated rings. The molecular formula is C54H48N10O3S2. The number of nitrogens with one attached hydrogen (secondary N) is 3. The van der Waals surface area contributed by atoms with Gasteiger partial charge in [-0.1, -0.05) is 84.9 Å². The summed E-state index contributed by atoms with van der Waals surface area (Å²) in [6.45, 7) is 3.76. The second-order valence-corrected chi connectivity index (χ2v) is 18.2. The molecule has 0 bridgehead atoms. The summed E-state index contributed by atoms with van der Waals surface area (Å²) in [5.41, 5.74) is 17.5. The van der Waals surface area contributed by atoms with Gasteiger partial charge in [0, 0.05) is 81.1 Å². The van der Waals surface area contributed by atoms with E-state index in [0.717, 1.165) is 88.2 Å². The monoisotopic (exact) mass is 948 g/mol. The third-order valence-corrected chi connectivity index (χ3v) is 12.6. The molecule has 4 aromatic heterocycles. The Hall–Kier alpha value is -8.66. The number of carboxylic acid groups (broad SMARTS) is 1. The van der Waals surface area contributed by atoms with Crippen LogP contribution in [0.3, 0.4) is 0 Å². The Morgan fingerprint density at radius 1 is 0.580 bits per heavy atom. The number of rotatable bonds is 11. The summed E-state index contributed by atoms with van der Waals surface area (Å²) in [6.07, 6.45) is 11.4. The molecule has 13 nitrogen and oxygen atoms in total. The number of nitrogen functional groups attached to an aromatic ring is 1. The fourth-order valence-electron chi connectivity index (χ4n) is 7.13. The van der Waals surface area contributed by atoms with Crippen LogP contribution >= 0.6 is 22.7 Å². The van der Waals surface area contributed by atoms with Gasteiger partial charge in [-0.3, -0.25) is 15.0 Å². The Bertz CT molecular complexity index is 3410. The van der Waals surface area contributed by atoms with E-state index in [0.29, 0.717) is 5.01 Å². The summed E-state index contributed by atoms with van der Waals surface area (Å²) in [5.74, 6) is -1.15. The molecule has 10 rings (SSSR count). The number of amides is 1. The summed E-state index contributed by atoms with van der Waals surface area (Å²) in [6, 6.07) is 48.5. The highest BCUT2D eigenvalue weighted by atomic mass is 32.1. The molecule has 6 N–H and O–H groups in total. The van der Waals surface area contributed by atoms with Gasteiger partial charge in [-0.15, -0.1) is 22.7 Å². The van der Waals surface area contributed by atoms with Crippen LogP contribution in [0.15, 0.2) is 158 Å². The van der Waals surface area contributed by atoms with Crippen LogP contribution in [-0.2, 0) is 0 Å². The number of benzene rings is 6. The lowest BCUT2D eigenvalue weighted by Gasteiger charge is -2.20. The first kappa shape index (κ1) is 46.9. The first-order valence-corrected chi connectivity index (χ1v) is 23.4. The molecule has 344 valence electrons. The maximum absolute atomic E-state index is 12.5. The molecule has 0 radical (unpaired) electrons. The number of anilines is 6. The van der Waals surface area contributed by atoms with Crippen molar-refractivity contribution in [3.8, 4) is 0 Å². The molecule has 69 heavy (non-hydrogen) atoms. The number of carbonyl (C=O) groups excluding carboxylic acids is 1. The molecule has 6 aromatic carbocycles. The van der Waals surface area contributed by atoms with Crippen LogP contribution in [0.25, 0.3) is 46.1 Å². The second-order valence-electron chi connectivity index (χ2n) is 15.7. The quantitative estimate of drug-likeness (QED) is 0.0783. The van der Waals surface area contributed by atoms with E-state index in [4.69, 9.17) is 10.8 Å². The minimum absolute atomic E-state index is 0.160. The molecule has 4 heterocycles. The number of aryl methyl sites for hydroxylation is 2. The van der Waals surface area contributed by atoms with Crippen molar-refractivity contribution >= 4 is 115 Å². The van der Waals surface area contributed by atoms with Crippen LogP contribution < -0.4 is 20.9 Å². The van der Waals surface area contributed by atoms with Gasteiger partial charge in [0.25, 0.3) is 5.91 Å². The van der Waals surface area contributed by atoms with Crippen molar-refractivity contribution in [3.63, 3.8) is 0 Å². The van der Waals surface area contributed by atoms with E-state index in [1.54, 1.807) is 12.4 Å². The average molecular weight is 949 g/mol. The van der Waals surface area contributed by atoms with E-state index in [-0.39, 0.29) is 10.9 Å². The van der Waals surface area contributed by atoms with Crippen LogP contribution in [0.5, 0.6) is 0 Å². The third kappa shape index (κ3) is 12.0. The van der Waals surface area contributed by atoms with Gasteiger partial charge in [-0.05, 0) is 110 Å². The molecule has 0 atom stereocenters. The minimum atomic E-state index is -0.951. The Kier molecular flexibility index (Phi) is 14.8. The molecule has 0 aliphatic carbocycles. The maximum atomic E-state index is 12.5. The van der Waals surface area contributed by atoms with Crippen LogP contribution in [-0.4, -0.2) is 61.4 Å². The molecule has 15 heteroatoms. The fourth-order valence-corrected chi connectivity index (χ4v) is 8.39. The average Bonchev–Trinajstić information content (AvgIpc) is 4.20. The van der Waals surface area contributed by atoms with Gasteiger partial charge in [0.1, 0.15) is 0 Å². The number of aromatic nitrogens is 6. The Balaban J connectivity index is 0.000000161. The first-order chi connectivity index (χ1) is 33.5. The van der Waals surface area contributed by atoms with Gasteiger partial charge >= 0.3 is 5.97 Å². The van der Waals surface area contributed by atoms with E-state index in [2.05, 4.69) is 118 Å². The highest BCUT2D eigenvalue weighted by Gasteiger charge is 2.14. The van der Waals surface area contributed by atoms with Crippen LogP contribution in [0.2, 0.25) is 0 Å². The number of carboxylic acids is 1. The van der Waals surface area contributed by atoms with Gasteiger partial charge in [0.15, 0.2) is 5.01 Å². The van der Waals surface area contributed by atoms with Gasteiger partial charge < -0.3 is 26.0 Å². The first-order valence-electron chi connectivity index (χ1n) is 21.7. The molecule has 10 aromatic rings. The van der Waals surface area contributed by atoms with Crippen molar-refractivity contribution in [1.82, 2.24) is 30.4 Å². The topological polar surface area (TPSA) is 182 Å². The lowest BCUT2D eigenvalue weighted by Crippen LogP contribution is -2.13. The van der Waals surface area contributed by atoms with Crippen molar-refractivity contribution in [2.24, 2.45) is 0 Å². The van der Waals surface area contributed by atoms with E-state index < -0.39 is 5.97 Å². The molecule has 0 aliphatic rings. The number of hydrogen-bond acceptors (Lipinski definition) is 11. The van der Waals surface area contributed by atoms with Gasteiger partial charge in [-0.25, -0.2) is 14.8 Å². The van der Waals surface area contributed by atoms with Crippen molar-refractivity contribution in [1.29, 1.82) is 0 Å². The zero-order valence-corrected chi connectivity index (χ0v) is 39.8. The molecule has 0 aliphatic heterocycles. The zero-order chi connectivity index (χ0) is 48.3. The highest BCUT2D eigenvalue weighted by molar-refractivity contribution is 7.13. The Labute approximate surface area is 407 Å². The minimum Gasteiger partial charge on any atom is -0.476 e. The van der Waals surface area contributed by atoms with E-state index in [1.165, 1.54) is 22.7 Å². The third-order valence-electron chi connectivity index (χ3n) is 10.8. The van der Waals surface area contributed by atoms with Crippen molar-refractivity contribution < 1.29 is 14.7 Å². The van der Waals surface area contributed by atoms with Crippen molar-refractivity contribution in [3.05, 3.63) is 200 Å². The predicted molar refractivity (Wildman–Crippen MR) is 285 cm³/mol. The maximum Gasteiger partial charge on any atom is 0.365 e. The molecule has 0 saturated heterocycles. The van der Waals surface area contributed by atoms with Crippen LogP contribution in [0.4, 0.5) is 34.1 Å². The highest BCUT2D eigenvalue weighted by Crippen LogP contribution is 2.31. The van der Waals surface area contributed by atoms with E-state index in [1.807, 2.05) is 125 Å². The molecule has 1 amide bonds. The Morgan fingerprint density at radius 2 is 1.06 bits per heavy atom. The SMILES string of the molecule is CN(c1cccc(N)c1)c1ccc2c(/C=C/c3ccccc3)n[nH]c2c1.Cc1cnc(C(=O)Nc2cccc(N(C)c3ccc4c(/C=C/c5ccccc5)n[nH]c4c3)c2)s1.Cc1cnc(C(=O)O)s1. The molecule has 0 unspecified atom stereocenters. The van der Waals surface area contributed by atoms with Gasteiger partial charge in [0.05, 0.1) is 22.4 Å². The van der Waals surface area contributed by atoms with E-state index in [9.17, 15) is 9.59 Å². The summed E-state index contributed by atoms with van der Waals surface area (Å²) in [4.78, 5) is 36.5. The molecule has 0 spiro atoms. The van der Waals surface area contributed by atoms with Gasteiger partial charge in [0.2, 0.25) is 5.01 Å². The summed E-state index contributed by atoms with van der Waals surface area (Å²) in [7, 11) is 4.03. The number of aromatic carboxylic acids is 1. The number of thiazole rings is 2. The van der Waals surface area contributed by atoms with Crippen LogP contribution in [0.1, 0.15) is 51.9 Å². The second kappa shape index (κ2) is 21.8. The molecule has 0 saturated carbocycles. The van der Waals surface area contributed by atoms with Crippen molar-refractivity contribution in [2.45, 2.75) is 13.8 Å². The summed E-state index contributed by atoms with van der Waals surface area (Å²) < 4.78 is 0. The lowest BCUT2D eigenvalue weighted by molar-refractivity contribution is 0.0696.